The molecule has 0 aliphatic carbocycles. The third-order valence-corrected chi connectivity index (χ3v) is 2.90. The Bertz CT molecular complexity index is 516. The number of rotatable bonds is 5. The van der Waals surface area contributed by atoms with Crippen molar-refractivity contribution in [2.75, 3.05) is 13.1 Å². The van der Waals surface area contributed by atoms with Crippen molar-refractivity contribution in [2.45, 2.75) is 6.92 Å². The van der Waals surface area contributed by atoms with Gasteiger partial charge in [0.1, 0.15) is 6.54 Å². The standard InChI is InChI=1S/C12H13BrN2O4/c1-7-2-3-9(13)8(4-7)12(19)15-5-10(16)14-6-11(17)18/h2-4H,5-6H2,1H3,(H,14,16)(H,15,19)(H,17,18). The zero-order valence-electron chi connectivity index (χ0n) is 10.2. The Kier molecular flexibility index (Phi) is 5.50. The van der Waals surface area contributed by atoms with Gasteiger partial charge in [0.05, 0.1) is 12.1 Å². The van der Waals surface area contributed by atoms with Crippen molar-refractivity contribution in [1.82, 2.24) is 10.6 Å². The molecule has 1 rings (SSSR count). The van der Waals surface area contributed by atoms with Gasteiger partial charge in [0, 0.05) is 4.47 Å². The molecule has 0 spiro atoms. The van der Waals surface area contributed by atoms with Crippen LogP contribution in [0.1, 0.15) is 15.9 Å². The van der Waals surface area contributed by atoms with Crippen molar-refractivity contribution in [3.63, 3.8) is 0 Å². The minimum atomic E-state index is -1.14. The first kappa shape index (κ1) is 15.2. The third kappa shape index (κ3) is 5.09. The van der Waals surface area contributed by atoms with Crippen LogP contribution in [0.2, 0.25) is 0 Å². The molecule has 3 N–H and O–H groups in total. The van der Waals surface area contributed by atoms with E-state index in [1.807, 2.05) is 13.0 Å². The van der Waals surface area contributed by atoms with E-state index in [0.717, 1.165) is 5.56 Å². The molecule has 0 saturated carbocycles. The molecule has 0 unspecified atom stereocenters. The molecular weight excluding hydrogens is 316 g/mol. The third-order valence-electron chi connectivity index (χ3n) is 2.21. The Morgan fingerprint density at radius 1 is 1.21 bits per heavy atom. The molecule has 1 aromatic carbocycles. The molecule has 0 saturated heterocycles. The molecule has 102 valence electrons. The highest BCUT2D eigenvalue weighted by Gasteiger charge is 2.11. The number of nitrogens with one attached hydrogen (secondary N) is 2. The SMILES string of the molecule is Cc1ccc(Br)c(C(=O)NCC(=O)NCC(=O)O)c1. The minimum absolute atomic E-state index is 0.271. The van der Waals surface area contributed by atoms with Crippen LogP contribution in [0.25, 0.3) is 0 Å². The summed E-state index contributed by atoms with van der Waals surface area (Å²) in [6.07, 6.45) is 0. The molecule has 7 heteroatoms. The van der Waals surface area contributed by atoms with E-state index in [4.69, 9.17) is 5.11 Å². The first-order valence-corrected chi connectivity index (χ1v) is 6.22. The van der Waals surface area contributed by atoms with Crippen LogP contribution in [0, 0.1) is 6.92 Å². The van der Waals surface area contributed by atoms with Crippen LogP contribution in [0.5, 0.6) is 0 Å². The molecule has 0 aliphatic heterocycles. The number of carboxylic acid groups (broad SMARTS) is 1. The maximum Gasteiger partial charge on any atom is 0.322 e. The van der Waals surface area contributed by atoms with E-state index in [0.29, 0.717) is 10.0 Å². The van der Waals surface area contributed by atoms with Gasteiger partial charge in [-0.2, -0.15) is 0 Å². The highest BCUT2D eigenvalue weighted by atomic mass is 79.9. The summed E-state index contributed by atoms with van der Waals surface area (Å²) in [5.74, 6) is -2.10. The zero-order valence-corrected chi connectivity index (χ0v) is 11.8. The molecule has 0 atom stereocenters. The van der Waals surface area contributed by atoms with Gasteiger partial charge in [-0.3, -0.25) is 14.4 Å². The Hall–Kier alpha value is -1.89. The number of hydrogen-bond acceptors (Lipinski definition) is 3. The second-order valence-electron chi connectivity index (χ2n) is 3.84. The number of carboxylic acids is 1. The lowest BCUT2D eigenvalue weighted by atomic mass is 10.1. The van der Waals surface area contributed by atoms with Crippen LogP contribution in [0.15, 0.2) is 22.7 Å². The Morgan fingerprint density at radius 3 is 2.53 bits per heavy atom. The number of carbonyl (C=O) groups is 3. The molecule has 1 aromatic rings. The van der Waals surface area contributed by atoms with Crippen LogP contribution in [-0.2, 0) is 9.59 Å². The predicted molar refractivity (Wildman–Crippen MR) is 71.9 cm³/mol. The summed E-state index contributed by atoms with van der Waals surface area (Å²) in [5, 5.41) is 12.9. The highest BCUT2D eigenvalue weighted by Crippen LogP contribution is 2.17. The van der Waals surface area contributed by atoms with E-state index in [1.54, 1.807) is 12.1 Å². The van der Waals surface area contributed by atoms with Gasteiger partial charge in [0.2, 0.25) is 5.91 Å². The monoisotopic (exact) mass is 328 g/mol. The second-order valence-corrected chi connectivity index (χ2v) is 4.69. The summed E-state index contributed by atoms with van der Waals surface area (Å²) < 4.78 is 0.626. The maximum absolute atomic E-state index is 11.8. The summed E-state index contributed by atoms with van der Waals surface area (Å²) in [6.45, 7) is 1.11. The minimum Gasteiger partial charge on any atom is -0.480 e. The van der Waals surface area contributed by atoms with Gasteiger partial charge in [0.15, 0.2) is 0 Å². The fourth-order valence-corrected chi connectivity index (χ4v) is 1.73. The highest BCUT2D eigenvalue weighted by molar-refractivity contribution is 9.10. The van der Waals surface area contributed by atoms with Gasteiger partial charge >= 0.3 is 5.97 Å². The quantitative estimate of drug-likeness (QED) is 0.741. The summed E-state index contributed by atoms with van der Waals surface area (Å²) >= 11 is 3.25. The van der Waals surface area contributed by atoms with Gasteiger partial charge in [-0.25, -0.2) is 0 Å². The lowest BCUT2D eigenvalue weighted by Crippen LogP contribution is -2.39. The van der Waals surface area contributed by atoms with E-state index in [9.17, 15) is 14.4 Å². The molecule has 19 heavy (non-hydrogen) atoms. The smallest absolute Gasteiger partial charge is 0.322 e. The molecule has 0 bridgehead atoms. The molecule has 0 heterocycles. The van der Waals surface area contributed by atoms with Gasteiger partial charge < -0.3 is 15.7 Å². The van der Waals surface area contributed by atoms with Gasteiger partial charge in [-0.15, -0.1) is 0 Å². The molecule has 0 aromatic heterocycles. The molecule has 6 nitrogen and oxygen atoms in total. The van der Waals surface area contributed by atoms with Crippen molar-refractivity contribution in [3.8, 4) is 0 Å². The number of halogens is 1. The van der Waals surface area contributed by atoms with Crippen molar-refractivity contribution >= 4 is 33.7 Å². The van der Waals surface area contributed by atoms with Crippen LogP contribution in [0.4, 0.5) is 0 Å². The Morgan fingerprint density at radius 2 is 1.89 bits per heavy atom. The number of aliphatic carboxylic acids is 1. The van der Waals surface area contributed by atoms with E-state index in [1.165, 1.54) is 0 Å². The number of carbonyl (C=O) groups excluding carboxylic acids is 2. The largest absolute Gasteiger partial charge is 0.480 e. The average molecular weight is 329 g/mol. The van der Waals surface area contributed by atoms with Crippen molar-refractivity contribution < 1.29 is 19.5 Å². The molecule has 0 fully saturated rings. The molecular formula is C12H13BrN2O4. The number of amides is 2. The fraction of sp³-hybridized carbons (Fsp3) is 0.250. The Labute approximate surface area is 118 Å². The van der Waals surface area contributed by atoms with Crippen molar-refractivity contribution in [1.29, 1.82) is 0 Å². The van der Waals surface area contributed by atoms with Crippen LogP contribution in [-0.4, -0.2) is 36.0 Å². The predicted octanol–water partition coefficient (Wildman–Crippen LogP) is 0.688. The average Bonchev–Trinajstić information content (AvgIpc) is 2.36. The second kappa shape index (κ2) is 6.89. The summed E-state index contributed by atoms with van der Waals surface area (Å²) in [5.41, 5.74) is 1.34. The first-order valence-electron chi connectivity index (χ1n) is 5.43. The van der Waals surface area contributed by atoms with Gasteiger partial charge in [0.25, 0.3) is 5.91 Å². The Balaban J connectivity index is 2.53. The lowest BCUT2D eigenvalue weighted by Gasteiger charge is -2.07. The van der Waals surface area contributed by atoms with E-state index in [-0.39, 0.29) is 6.54 Å². The summed E-state index contributed by atoms with van der Waals surface area (Å²) in [7, 11) is 0. The topological polar surface area (TPSA) is 95.5 Å². The number of aryl methyl sites for hydroxylation is 1. The van der Waals surface area contributed by atoms with E-state index < -0.39 is 24.3 Å². The van der Waals surface area contributed by atoms with Crippen molar-refractivity contribution in [3.05, 3.63) is 33.8 Å². The zero-order chi connectivity index (χ0) is 14.4. The van der Waals surface area contributed by atoms with E-state index in [2.05, 4.69) is 26.6 Å². The summed E-state index contributed by atoms with van der Waals surface area (Å²) in [6, 6.07) is 5.28. The fourth-order valence-electron chi connectivity index (χ4n) is 1.31. The van der Waals surface area contributed by atoms with Gasteiger partial charge in [-0.1, -0.05) is 11.6 Å². The first-order chi connectivity index (χ1) is 8.90. The van der Waals surface area contributed by atoms with Gasteiger partial charge in [-0.05, 0) is 35.0 Å². The van der Waals surface area contributed by atoms with E-state index >= 15 is 0 Å². The number of benzene rings is 1. The summed E-state index contributed by atoms with van der Waals surface area (Å²) in [4.78, 5) is 33.3. The molecule has 2 amide bonds. The number of hydrogen-bond donors (Lipinski definition) is 3. The molecule has 0 aliphatic rings. The maximum atomic E-state index is 11.8. The van der Waals surface area contributed by atoms with Crippen LogP contribution >= 0.6 is 15.9 Å². The normalized spacial score (nSPS) is 9.79. The van der Waals surface area contributed by atoms with Crippen LogP contribution in [0.3, 0.4) is 0 Å². The lowest BCUT2D eigenvalue weighted by molar-refractivity contribution is -0.137. The molecule has 0 radical (unpaired) electrons. The van der Waals surface area contributed by atoms with Crippen molar-refractivity contribution in [2.24, 2.45) is 0 Å². The van der Waals surface area contributed by atoms with Crippen LogP contribution < -0.4 is 10.6 Å².